The molecule has 1 saturated heterocycles. The Bertz CT molecular complexity index is 4130. The van der Waals surface area contributed by atoms with E-state index in [-0.39, 0.29) is 119 Å². The minimum Gasteiger partial charge on any atom is -0.508 e. The molecule has 0 saturated carbocycles. The molecule has 4 heterocycles. The molecule has 11 atom stereocenters. The summed E-state index contributed by atoms with van der Waals surface area (Å²) in [6.07, 6.45) is 7.99. The highest BCUT2D eigenvalue weighted by atomic mass is 32.1. The molecule has 596 valence electrons. The number of primary amides is 1. The first-order valence-corrected chi connectivity index (χ1v) is 38.5. The number of nitrogens with one attached hydrogen (secondary N) is 13. The van der Waals surface area contributed by atoms with Gasteiger partial charge in [0, 0.05) is 103 Å². The molecule has 1 fully saturated rings. The van der Waals surface area contributed by atoms with Crippen LogP contribution in [0.2, 0.25) is 0 Å². The molecule has 6 aromatic rings. The van der Waals surface area contributed by atoms with Crippen molar-refractivity contribution in [3.63, 3.8) is 0 Å². The zero-order valence-corrected chi connectivity index (χ0v) is 64.3. The SMILES string of the molecule is CCCC[C@H](NC(=O)[C@@H]1CCCN1C(=O)[C@H](CS)NC(=O)CCCCNC(=O)[C@H](CS)NC(=O)[C@H](CC(C)C)NC(=O)[C@H](CCC(N)=O)NC(=O)[C@H](CC(C)C)NC(=O)[C@H](Cc1c[nH]c2ccccc12)NC(=O)[C@H](Cc1cnc[nH]1)NC(=O)[C@@H](N)Cc1c[nH]c2ccccc12)C(=O)N[C@@H](Cc1ccc(O)cc1)C(=O)O. The lowest BCUT2D eigenvalue weighted by atomic mass is 9.99. The summed E-state index contributed by atoms with van der Waals surface area (Å²) in [5, 5.41) is 48.3. The van der Waals surface area contributed by atoms with Crippen molar-refractivity contribution in [2.45, 2.75) is 204 Å². The third-order valence-electron chi connectivity index (χ3n) is 18.9. The summed E-state index contributed by atoms with van der Waals surface area (Å²) in [7, 11) is 0. The molecule has 0 spiro atoms. The third-order valence-corrected chi connectivity index (χ3v) is 19.6. The largest absolute Gasteiger partial charge is 0.508 e. The van der Waals surface area contributed by atoms with Crippen molar-refractivity contribution in [2.24, 2.45) is 23.3 Å². The van der Waals surface area contributed by atoms with E-state index >= 15 is 0 Å². The predicted octanol–water partition coefficient (Wildman–Crippen LogP) is 1.81. The topological polar surface area (TPSA) is 498 Å². The van der Waals surface area contributed by atoms with Crippen LogP contribution in [0.25, 0.3) is 21.8 Å². The molecule has 7 rings (SSSR count). The van der Waals surface area contributed by atoms with E-state index in [4.69, 9.17) is 11.5 Å². The van der Waals surface area contributed by atoms with Crippen molar-refractivity contribution in [3.05, 3.63) is 120 Å². The molecule has 0 unspecified atom stereocenters. The van der Waals surface area contributed by atoms with Gasteiger partial charge in [-0.1, -0.05) is 96.0 Å². The number of aliphatic carboxylic acids is 1. The van der Waals surface area contributed by atoms with E-state index in [1.165, 1.54) is 41.7 Å². The van der Waals surface area contributed by atoms with Crippen LogP contribution in [0, 0.1) is 11.8 Å². The number of nitrogens with two attached hydrogens (primary N) is 2. The summed E-state index contributed by atoms with van der Waals surface area (Å²) in [5.74, 6) is -10.8. The summed E-state index contributed by atoms with van der Waals surface area (Å²) < 4.78 is 0. The number of phenols is 1. The van der Waals surface area contributed by atoms with E-state index in [2.05, 4.69) is 98.4 Å². The van der Waals surface area contributed by atoms with Crippen molar-refractivity contribution in [3.8, 4) is 5.75 Å². The van der Waals surface area contributed by atoms with Gasteiger partial charge in [0.05, 0.1) is 12.4 Å². The van der Waals surface area contributed by atoms with Crippen LogP contribution in [-0.2, 0) is 88.0 Å². The fourth-order valence-electron chi connectivity index (χ4n) is 13.0. The Balaban J connectivity index is 0.938. The fourth-order valence-corrected chi connectivity index (χ4v) is 13.5. The van der Waals surface area contributed by atoms with Gasteiger partial charge in [-0.05, 0) is 111 Å². The number of carbonyl (C=O) groups excluding carboxylic acids is 12. The second-order valence-electron chi connectivity index (χ2n) is 28.5. The lowest BCUT2D eigenvalue weighted by Crippen LogP contribution is -2.60. The Morgan fingerprint density at radius 1 is 0.555 bits per heavy atom. The molecule has 0 bridgehead atoms. The Kier molecular flexibility index (Phi) is 34.0. The van der Waals surface area contributed by atoms with Crippen LogP contribution in [0.4, 0.5) is 0 Å². The van der Waals surface area contributed by atoms with Crippen LogP contribution in [0.5, 0.6) is 5.75 Å². The second kappa shape index (κ2) is 43.1. The summed E-state index contributed by atoms with van der Waals surface area (Å²) in [6, 6.07) is 6.86. The normalized spacial score (nSPS) is 15.5. The molecular weight excluding hydrogens is 1460 g/mol. The van der Waals surface area contributed by atoms with E-state index in [1.807, 2.05) is 55.5 Å². The minimum absolute atomic E-state index is 0.00733. The second-order valence-corrected chi connectivity index (χ2v) is 29.3. The van der Waals surface area contributed by atoms with E-state index in [9.17, 15) is 72.5 Å². The summed E-state index contributed by atoms with van der Waals surface area (Å²) >= 11 is 8.67. The molecule has 12 amide bonds. The fraction of sp³-hybridized carbons (Fsp3) is 0.500. The maximum absolute atomic E-state index is 14.9. The maximum Gasteiger partial charge on any atom is 0.326 e. The lowest BCUT2D eigenvalue weighted by molar-refractivity contribution is -0.143. The number of amides is 12. The molecule has 0 radical (unpaired) electrons. The highest BCUT2D eigenvalue weighted by Gasteiger charge is 2.40. The summed E-state index contributed by atoms with van der Waals surface area (Å²) in [6.45, 7) is 9.28. The monoisotopic (exact) mass is 1560 g/mol. The van der Waals surface area contributed by atoms with Crippen molar-refractivity contribution in [2.75, 3.05) is 24.6 Å². The minimum atomic E-state index is -1.52. The van der Waals surface area contributed by atoms with Crippen molar-refractivity contribution in [1.82, 2.24) is 78.0 Å². The Labute approximate surface area is 648 Å². The van der Waals surface area contributed by atoms with Crippen molar-refractivity contribution in [1.29, 1.82) is 0 Å². The number of aromatic nitrogens is 4. The lowest BCUT2D eigenvalue weighted by Gasteiger charge is -2.29. The van der Waals surface area contributed by atoms with Gasteiger partial charge in [-0.25, -0.2) is 9.78 Å². The third kappa shape index (κ3) is 26.4. The molecule has 1 aliphatic heterocycles. The number of hydrogen-bond donors (Lipinski definition) is 19. The van der Waals surface area contributed by atoms with Crippen LogP contribution in [0.3, 0.4) is 0 Å². The van der Waals surface area contributed by atoms with E-state index in [1.54, 1.807) is 40.1 Å². The number of likely N-dealkylation sites (tertiary alicyclic amines) is 1. The first-order chi connectivity index (χ1) is 52.5. The average molecular weight is 1560 g/mol. The number of carbonyl (C=O) groups is 13. The van der Waals surface area contributed by atoms with Gasteiger partial charge in [0.25, 0.3) is 0 Å². The number of thiol groups is 2. The number of rotatable bonds is 45. The molecule has 110 heavy (non-hydrogen) atoms. The summed E-state index contributed by atoms with van der Waals surface area (Å²) in [4.78, 5) is 194. The number of phenolic OH excluding ortho intramolecular Hbond substituents is 1. The maximum atomic E-state index is 14.9. The molecule has 3 aromatic heterocycles. The molecule has 19 N–H and O–H groups in total. The number of carboxylic acid groups (broad SMARTS) is 1. The van der Waals surface area contributed by atoms with Gasteiger partial charge < -0.3 is 94.7 Å². The van der Waals surface area contributed by atoms with E-state index in [0.717, 1.165) is 27.4 Å². The molecule has 34 heteroatoms. The number of fused-ring (bicyclic) bond motifs is 2. The predicted molar refractivity (Wildman–Crippen MR) is 417 cm³/mol. The number of aromatic hydroxyl groups is 1. The number of carboxylic acids is 1. The Morgan fingerprint density at radius 2 is 1.07 bits per heavy atom. The van der Waals surface area contributed by atoms with Crippen LogP contribution < -0.4 is 64.6 Å². The van der Waals surface area contributed by atoms with Gasteiger partial charge in [0.1, 0.15) is 66.2 Å². The van der Waals surface area contributed by atoms with Gasteiger partial charge in [-0.15, -0.1) is 0 Å². The van der Waals surface area contributed by atoms with Crippen molar-refractivity contribution >= 4 is 124 Å². The number of unbranched alkanes of at least 4 members (excludes halogenated alkanes) is 2. The Hall–Kier alpha value is -10.5. The van der Waals surface area contributed by atoms with Gasteiger partial charge in [-0.3, -0.25) is 57.5 Å². The van der Waals surface area contributed by atoms with Gasteiger partial charge in [-0.2, -0.15) is 25.3 Å². The molecule has 0 aliphatic carbocycles. The van der Waals surface area contributed by atoms with Gasteiger partial charge in [0.15, 0.2) is 0 Å². The first kappa shape index (κ1) is 86.8. The number of imidazole rings is 1. The number of H-pyrrole nitrogens is 3. The molecule has 32 nitrogen and oxygen atoms in total. The number of hydrogen-bond acceptors (Lipinski definition) is 18. The molecule has 1 aliphatic rings. The van der Waals surface area contributed by atoms with Crippen molar-refractivity contribution < 1.29 is 72.5 Å². The van der Waals surface area contributed by atoms with Crippen LogP contribution in [0.1, 0.15) is 134 Å². The quantitative estimate of drug-likeness (QED) is 0.0191. The number of aromatic amines is 3. The van der Waals surface area contributed by atoms with Crippen LogP contribution in [0.15, 0.2) is 97.7 Å². The zero-order chi connectivity index (χ0) is 80.1. The van der Waals surface area contributed by atoms with E-state index < -0.39 is 150 Å². The smallest absolute Gasteiger partial charge is 0.326 e. The highest BCUT2D eigenvalue weighted by Crippen LogP contribution is 2.24. The zero-order valence-electron chi connectivity index (χ0n) is 62.5. The summed E-state index contributed by atoms with van der Waals surface area (Å²) in [5.41, 5.74) is 16.1. The van der Waals surface area contributed by atoms with Crippen LogP contribution >= 0.6 is 25.3 Å². The number of benzene rings is 3. The standard InChI is InChI=1S/C76H105N17O15S2/c1-6-7-17-54(68(99)91-60(76(107)108)32-44-22-24-48(94)25-23-44)86-74(105)63-20-14-29-93(63)75(106)62(40-110)84-65(96)21-12-13-28-80-67(98)61(39-109)92-71(102)57(31-43(4)5)88-69(100)55(26-27-64(78)95)85-70(101)56(30-42(2)3)89-72(103)58(34-46-37-82-53-19-11-9-16-50(46)53)90-73(104)59(35-47-38-79-41-83-47)87-66(97)51(77)33-45-36-81-52-18-10-8-15-49(45)52/h8-11,15-16,18-19,22-25,36-38,41-43,51,54-63,81-82,94,109-110H,6-7,12-14,17,20-21,26-35,39-40,77H2,1-5H3,(H2,78,95)(H,79,83)(H,80,98)(H,84,96)(H,85,101)(H,86,105)(H,87,97)(H,88,100)(H,89,103)(H,90,104)(H,91,99)(H,92,102)(H,107,108)/t51-,54-,55-,56-,57-,58-,59-,60-,61-,62-,63-/m0/s1. The number of nitrogens with zero attached hydrogens (tertiary/aromatic N) is 2. The first-order valence-electron chi connectivity index (χ1n) is 37.2. The van der Waals surface area contributed by atoms with Gasteiger partial charge >= 0.3 is 5.97 Å². The van der Waals surface area contributed by atoms with Crippen LogP contribution in [-0.4, -0.2) is 203 Å². The molecular formula is C76H105N17O15S2. The highest BCUT2D eigenvalue weighted by molar-refractivity contribution is 7.80. The Morgan fingerprint density at radius 3 is 1.63 bits per heavy atom. The number of para-hydroxylation sites is 2. The molecule has 3 aromatic carbocycles. The van der Waals surface area contributed by atoms with Gasteiger partial charge in [0.2, 0.25) is 70.9 Å². The van der Waals surface area contributed by atoms with E-state index in [0.29, 0.717) is 36.1 Å². The average Bonchev–Trinajstić information content (AvgIpc) is 1.67.